The van der Waals surface area contributed by atoms with Crippen LogP contribution < -0.4 is 25.4 Å². The zero-order valence-corrected chi connectivity index (χ0v) is 14.0. The largest absolute Gasteiger partial charge is 0.454 e. The van der Waals surface area contributed by atoms with Crippen LogP contribution in [0, 0.1) is 5.82 Å². The van der Waals surface area contributed by atoms with Gasteiger partial charge >= 0.3 is 0 Å². The lowest BCUT2D eigenvalue weighted by Gasteiger charge is -2.21. The molecule has 2 aromatic rings. The van der Waals surface area contributed by atoms with Crippen LogP contribution >= 0.6 is 0 Å². The predicted octanol–water partition coefficient (Wildman–Crippen LogP) is 1.85. The number of anilines is 2. The summed E-state index contributed by atoms with van der Waals surface area (Å²) in [7, 11) is 0. The zero-order valence-electron chi connectivity index (χ0n) is 14.0. The highest BCUT2D eigenvalue weighted by molar-refractivity contribution is 6.10. The zero-order chi connectivity index (χ0) is 18.8. The Morgan fingerprint density at radius 3 is 2.67 bits per heavy atom. The van der Waals surface area contributed by atoms with Crippen molar-refractivity contribution in [1.82, 2.24) is 5.32 Å². The molecule has 2 heterocycles. The fourth-order valence-corrected chi connectivity index (χ4v) is 2.68. The fourth-order valence-electron chi connectivity index (χ4n) is 2.68. The van der Waals surface area contributed by atoms with Gasteiger partial charge < -0.3 is 20.1 Å². The SMILES string of the molecule is O=C1C[C@H](C(=O)Nc2ccc3c(c2)OCO3)N=C(Nc2ccc(F)cc2)N1. The number of ether oxygens (including phenoxy) is 2. The summed E-state index contributed by atoms with van der Waals surface area (Å²) in [5.41, 5.74) is 1.05. The van der Waals surface area contributed by atoms with Crippen molar-refractivity contribution in [2.45, 2.75) is 12.5 Å². The van der Waals surface area contributed by atoms with Gasteiger partial charge in [0.25, 0.3) is 0 Å². The van der Waals surface area contributed by atoms with E-state index in [9.17, 15) is 14.0 Å². The number of nitrogens with one attached hydrogen (secondary N) is 3. The van der Waals surface area contributed by atoms with Gasteiger partial charge in [0.15, 0.2) is 11.5 Å². The van der Waals surface area contributed by atoms with E-state index >= 15 is 0 Å². The van der Waals surface area contributed by atoms with Gasteiger partial charge in [-0.15, -0.1) is 0 Å². The first-order valence-electron chi connectivity index (χ1n) is 8.17. The molecule has 0 unspecified atom stereocenters. The van der Waals surface area contributed by atoms with Crippen LogP contribution in [-0.4, -0.2) is 30.6 Å². The lowest BCUT2D eigenvalue weighted by atomic mass is 10.1. The monoisotopic (exact) mass is 370 g/mol. The number of nitrogens with zero attached hydrogens (tertiary/aromatic N) is 1. The average molecular weight is 370 g/mol. The number of carbonyl (C=O) groups is 2. The third-order valence-corrected chi connectivity index (χ3v) is 3.97. The second-order valence-electron chi connectivity index (χ2n) is 5.93. The molecule has 0 aliphatic carbocycles. The van der Waals surface area contributed by atoms with E-state index < -0.39 is 11.9 Å². The molecule has 27 heavy (non-hydrogen) atoms. The summed E-state index contributed by atoms with van der Waals surface area (Å²) in [4.78, 5) is 28.7. The Hall–Kier alpha value is -3.62. The number of rotatable bonds is 3. The van der Waals surface area contributed by atoms with Gasteiger partial charge in [-0.05, 0) is 36.4 Å². The van der Waals surface area contributed by atoms with E-state index in [-0.39, 0.29) is 30.9 Å². The molecule has 138 valence electrons. The Morgan fingerprint density at radius 1 is 1.11 bits per heavy atom. The van der Waals surface area contributed by atoms with E-state index in [1.165, 1.54) is 24.3 Å². The van der Waals surface area contributed by atoms with E-state index in [0.717, 1.165) is 0 Å². The van der Waals surface area contributed by atoms with E-state index in [0.29, 0.717) is 22.9 Å². The van der Waals surface area contributed by atoms with Crippen LogP contribution in [0.3, 0.4) is 0 Å². The number of benzene rings is 2. The molecule has 2 aliphatic heterocycles. The van der Waals surface area contributed by atoms with Crippen LogP contribution in [0.4, 0.5) is 15.8 Å². The molecule has 0 spiro atoms. The fraction of sp³-hybridized carbons (Fsp3) is 0.167. The Labute approximate surface area is 153 Å². The van der Waals surface area contributed by atoms with E-state index in [1.54, 1.807) is 18.2 Å². The van der Waals surface area contributed by atoms with Crippen LogP contribution in [-0.2, 0) is 9.59 Å². The smallest absolute Gasteiger partial charge is 0.249 e. The molecule has 0 fully saturated rings. The van der Waals surface area contributed by atoms with Crippen molar-refractivity contribution < 1.29 is 23.5 Å². The number of halogens is 1. The number of hydrogen-bond donors (Lipinski definition) is 3. The molecule has 2 amide bonds. The first-order chi connectivity index (χ1) is 13.1. The topological polar surface area (TPSA) is 101 Å². The maximum absolute atomic E-state index is 13.0. The summed E-state index contributed by atoms with van der Waals surface area (Å²) in [5.74, 6) is 0.118. The molecule has 1 atom stereocenters. The van der Waals surface area contributed by atoms with Crippen LogP contribution in [0.1, 0.15) is 6.42 Å². The van der Waals surface area contributed by atoms with Gasteiger partial charge in [-0.3, -0.25) is 14.9 Å². The Balaban J connectivity index is 1.47. The highest BCUT2D eigenvalue weighted by Crippen LogP contribution is 2.34. The number of carbonyl (C=O) groups excluding carboxylic acids is 2. The first kappa shape index (κ1) is 16.8. The molecule has 3 N–H and O–H groups in total. The highest BCUT2D eigenvalue weighted by atomic mass is 19.1. The summed E-state index contributed by atoms with van der Waals surface area (Å²) >= 11 is 0. The summed E-state index contributed by atoms with van der Waals surface area (Å²) in [6.07, 6.45) is -0.0784. The van der Waals surface area contributed by atoms with Crippen LogP contribution in [0.5, 0.6) is 11.5 Å². The van der Waals surface area contributed by atoms with Crippen LogP contribution in [0.2, 0.25) is 0 Å². The molecule has 4 rings (SSSR count). The second-order valence-corrected chi connectivity index (χ2v) is 5.93. The molecule has 0 saturated carbocycles. The average Bonchev–Trinajstić information content (AvgIpc) is 3.11. The van der Waals surface area contributed by atoms with E-state index in [4.69, 9.17) is 9.47 Å². The van der Waals surface area contributed by atoms with E-state index in [2.05, 4.69) is 20.9 Å². The van der Waals surface area contributed by atoms with Gasteiger partial charge in [0.1, 0.15) is 11.9 Å². The number of guanidine groups is 1. The van der Waals surface area contributed by atoms with Crippen LogP contribution in [0.25, 0.3) is 0 Å². The van der Waals surface area contributed by atoms with Crippen molar-refractivity contribution in [3.63, 3.8) is 0 Å². The summed E-state index contributed by atoms with van der Waals surface area (Å²) < 4.78 is 23.5. The van der Waals surface area contributed by atoms with Crippen molar-refractivity contribution in [3.8, 4) is 11.5 Å². The highest BCUT2D eigenvalue weighted by Gasteiger charge is 2.27. The maximum atomic E-state index is 13.0. The molecular formula is C18H15FN4O4. The second kappa shape index (κ2) is 6.94. The summed E-state index contributed by atoms with van der Waals surface area (Å²) in [5, 5.41) is 8.12. The molecule has 0 bridgehead atoms. The summed E-state index contributed by atoms with van der Waals surface area (Å²) in [6, 6.07) is 9.67. The first-order valence-corrected chi connectivity index (χ1v) is 8.17. The Bertz CT molecular complexity index is 929. The molecule has 9 heteroatoms. The minimum Gasteiger partial charge on any atom is -0.454 e. The lowest BCUT2D eigenvalue weighted by Crippen LogP contribution is -2.45. The van der Waals surface area contributed by atoms with Crippen LogP contribution in [0.15, 0.2) is 47.5 Å². The number of amides is 2. The van der Waals surface area contributed by atoms with Gasteiger partial charge in [-0.25, -0.2) is 9.38 Å². The van der Waals surface area contributed by atoms with Gasteiger partial charge in [0.05, 0.1) is 6.42 Å². The van der Waals surface area contributed by atoms with Crippen molar-refractivity contribution in [1.29, 1.82) is 0 Å². The maximum Gasteiger partial charge on any atom is 0.249 e. The van der Waals surface area contributed by atoms with Crippen molar-refractivity contribution in [2.24, 2.45) is 4.99 Å². The van der Waals surface area contributed by atoms with Gasteiger partial charge in [-0.2, -0.15) is 0 Å². The standard InChI is InChI=1S/C18H15FN4O4/c19-10-1-3-11(4-2-10)21-18-22-13(8-16(24)23-18)17(25)20-12-5-6-14-15(7-12)27-9-26-14/h1-7,13H,8-9H2,(H,20,25)(H2,21,22,23,24)/t13-/m1/s1. The molecule has 0 saturated heterocycles. The third kappa shape index (κ3) is 3.81. The quantitative estimate of drug-likeness (QED) is 0.766. The predicted molar refractivity (Wildman–Crippen MR) is 95.2 cm³/mol. The lowest BCUT2D eigenvalue weighted by molar-refractivity contribution is -0.124. The molecule has 8 nitrogen and oxygen atoms in total. The molecule has 2 aromatic carbocycles. The van der Waals surface area contributed by atoms with Crippen molar-refractivity contribution in [3.05, 3.63) is 48.3 Å². The van der Waals surface area contributed by atoms with Gasteiger partial charge in [0, 0.05) is 17.4 Å². The third-order valence-electron chi connectivity index (χ3n) is 3.97. The van der Waals surface area contributed by atoms with Gasteiger partial charge in [-0.1, -0.05) is 0 Å². The molecule has 0 radical (unpaired) electrons. The molecule has 2 aliphatic rings. The van der Waals surface area contributed by atoms with E-state index in [1.807, 2.05) is 0 Å². The van der Waals surface area contributed by atoms with Gasteiger partial charge in [0.2, 0.25) is 24.6 Å². The molecular weight excluding hydrogens is 355 g/mol. The Morgan fingerprint density at radius 2 is 1.85 bits per heavy atom. The normalized spacial score (nSPS) is 17.7. The Kier molecular flexibility index (Phi) is 4.33. The molecule has 0 aromatic heterocycles. The minimum atomic E-state index is -0.896. The number of aliphatic imine (C=N–C) groups is 1. The minimum absolute atomic E-state index is 0.0784. The van der Waals surface area contributed by atoms with Crippen molar-refractivity contribution in [2.75, 3.05) is 17.4 Å². The van der Waals surface area contributed by atoms with Crippen molar-refractivity contribution >= 4 is 29.1 Å². The summed E-state index contributed by atoms with van der Waals surface area (Å²) in [6.45, 7) is 0.137. The number of fused-ring (bicyclic) bond motifs is 1. The number of hydrogen-bond acceptors (Lipinski definition) is 6.